The molecule has 0 N–H and O–H groups in total. The van der Waals surface area contributed by atoms with Crippen molar-refractivity contribution in [2.45, 2.75) is 78.2 Å². The van der Waals surface area contributed by atoms with Crippen molar-refractivity contribution in [2.75, 3.05) is 19.9 Å². The van der Waals surface area contributed by atoms with E-state index in [0.29, 0.717) is 11.5 Å². The van der Waals surface area contributed by atoms with Gasteiger partial charge >= 0.3 is 0 Å². The molecule has 1 saturated heterocycles. The van der Waals surface area contributed by atoms with Gasteiger partial charge in [0.15, 0.2) is 0 Å². The lowest BCUT2D eigenvalue weighted by Crippen LogP contribution is -2.59. The summed E-state index contributed by atoms with van der Waals surface area (Å²) in [7, 11) is 0. The van der Waals surface area contributed by atoms with E-state index in [0.717, 1.165) is 149 Å². The Labute approximate surface area is 346 Å². The molecule has 28 atom stereocenters. The third kappa shape index (κ3) is 2.88. The highest BCUT2D eigenvalue weighted by molar-refractivity contribution is 5.86. The van der Waals surface area contributed by atoms with Gasteiger partial charge in [-0.15, -0.1) is 0 Å². The molecule has 1 spiro atoms. The minimum atomic E-state index is 0.378. The fourth-order valence-electron chi connectivity index (χ4n) is 26.8. The highest BCUT2D eigenvalue weighted by atomic mass is 16.5. The standard InChI is InChI=1S/C54H59NO.C2H6/c1-2-56-19-55-18-31-30-16-26-14-23-12-24-11-21-10-22-13-25-15-27-17-54(31,53(55)29-9-5-7-20-6-3-4-8-28(20)29)52-38(27)43-37(25)42-33(22)32(21)40-36(24)41-34(23)35(26)44-39(30)51(52)50-48(43)46(42)45(40)47(41)49(44)50;1-2/h3-9,21-25,27,31-34,36-38,40-53H,2,10-19H2,1H3;1-2H3. The first-order valence-electron chi connectivity index (χ1n) is 26.0. The van der Waals surface area contributed by atoms with Crippen LogP contribution in [0.2, 0.25) is 0 Å². The maximum Gasteiger partial charge on any atom is 0.0995 e. The zero-order valence-electron chi connectivity index (χ0n) is 35.3. The lowest BCUT2D eigenvalue weighted by atomic mass is 9.41. The van der Waals surface area contributed by atoms with E-state index in [1.807, 2.05) is 13.8 Å². The SMILES string of the molecule is CC.CCOCN1CC2C3=C4C5C6=C(C3)CC3CC7CC8CC9CC%10CC%11CC2(C2C4C4C5C5C(C63)C7C3C8C9C6C%10C(C4C6C35)C%112)C1c1cccc2ccccc12. The van der Waals surface area contributed by atoms with Crippen LogP contribution < -0.4 is 0 Å². The maximum atomic E-state index is 6.63. The monoisotopic (exact) mass is 768 g/mol. The molecule has 58 heavy (non-hydrogen) atoms. The van der Waals surface area contributed by atoms with Crippen LogP contribution in [0.4, 0.5) is 0 Å². The van der Waals surface area contributed by atoms with Crippen molar-refractivity contribution in [1.29, 1.82) is 0 Å². The van der Waals surface area contributed by atoms with Gasteiger partial charge in [-0.25, -0.2) is 0 Å². The Morgan fingerprint density at radius 1 is 0.621 bits per heavy atom. The Morgan fingerprint density at radius 3 is 2.03 bits per heavy atom. The van der Waals surface area contributed by atoms with E-state index in [1.165, 1.54) is 42.5 Å². The molecule has 0 amide bonds. The van der Waals surface area contributed by atoms with E-state index in [9.17, 15) is 0 Å². The number of hydrogen-bond acceptors (Lipinski definition) is 2. The fourth-order valence-corrected chi connectivity index (χ4v) is 26.8. The van der Waals surface area contributed by atoms with Crippen molar-refractivity contribution in [3.05, 3.63) is 70.3 Å². The highest BCUT2D eigenvalue weighted by Gasteiger charge is 2.88. The average Bonchev–Trinajstić information content (AvgIpc) is 4.11. The van der Waals surface area contributed by atoms with Crippen LogP contribution in [0.25, 0.3) is 10.8 Å². The fraction of sp³-hybridized carbons (Fsp3) is 0.750. The Bertz CT molecular complexity index is 2350. The molecule has 2 nitrogen and oxygen atoms in total. The van der Waals surface area contributed by atoms with E-state index in [2.05, 4.69) is 76.6 Å². The second-order valence-corrected chi connectivity index (χ2v) is 25.1. The third-order valence-corrected chi connectivity index (χ3v) is 25.5. The number of benzene rings is 2. The van der Waals surface area contributed by atoms with Crippen molar-refractivity contribution in [2.24, 2.45) is 159 Å². The molecule has 300 valence electrons. The molecule has 1 heterocycles. The molecule has 13 saturated carbocycles. The summed E-state index contributed by atoms with van der Waals surface area (Å²) in [5.74, 6) is 27.9. The molecular weight excluding hydrogens is 703 g/mol. The molecule has 16 aliphatic carbocycles. The summed E-state index contributed by atoms with van der Waals surface area (Å²) >= 11 is 0. The molecule has 0 bridgehead atoms. The minimum Gasteiger partial charge on any atom is -0.366 e. The van der Waals surface area contributed by atoms with Crippen LogP contribution in [-0.2, 0) is 4.74 Å². The van der Waals surface area contributed by atoms with Gasteiger partial charge in [0.25, 0.3) is 0 Å². The summed E-state index contributed by atoms with van der Waals surface area (Å²) in [6.45, 7) is 9.18. The first kappa shape index (κ1) is 31.9. The second-order valence-electron chi connectivity index (χ2n) is 25.1. The molecule has 2 aromatic rings. The Kier molecular flexibility index (Phi) is 5.40. The van der Waals surface area contributed by atoms with Gasteiger partial charge in [-0.1, -0.05) is 78.6 Å². The van der Waals surface area contributed by atoms with Crippen LogP contribution in [-0.4, -0.2) is 24.8 Å². The van der Waals surface area contributed by atoms with Crippen LogP contribution in [0.3, 0.4) is 0 Å². The largest absolute Gasteiger partial charge is 0.366 e. The number of allylic oxidation sites excluding steroid dienone is 3. The summed E-state index contributed by atoms with van der Waals surface area (Å²) < 4.78 is 6.63. The van der Waals surface area contributed by atoms with Crippen LogP contribution >= 0.6 is 0 Å². The van der Waals surface area contributed by atoms with Crippen LogP contribution in [0, 0.1) is 159 Å². The normalized spacial score (nSPS) is 63.4. The van der Waals surface area contributed by atoms with E-state index in [4.69, 9.17) is 4.74 Å². The van der Waals surface area contributed by atoms with Crippen molar-refractivity contribution < 1.29 is 4.74 Å². The van der Waals surface area contributed by atoms with E-state index >= 15 is 0 Å². The summed E-state index contributed by atoms with van der Waals surface area (Å²) in [6, 6.07) is 17.6. The molecular formula is C56H65NO. The van der Waals surface area contributed by atoms with Crippen molar-refractivity contribution in [3.8, 4) is 0 Å². The van der Waals surface area contributed by atoms with E-state index < -0.39 is 0 Å². The van der Waals surface area contributed by atoms with Gasteiger partial charge in [0.1, 0.15) is 0 Å². The van der Waals surface area contributed by atoms with Gasteiger partial charge in [0.2, 0.25) is 0 Å². The molecule has 1 aliphatic heterocycles. The third-order valence-electron chi connectivity index (χ3n) is 25.5. The smallest absolute Gasteiger partial charge is 0.0995 e. The van der Waals surface area contributed by atoms with Crippen LogP contribution in [0.1, 0.15) is 83.7 Å². The first-order valence-corrected chi connectivity index (χ1v) is 26.0. The second kappa shape index (κ2) is 9.83. The Hall–Kier alpha value is -1.90. The molecule has 0 aromatic heterocycles. The quantitative estimate of drug-likeness (QED) is 0.287. The highest BCUT2D eigenvalue weighted by Crippen LogP contribution is 2.93. The van der Waals surface area contributed by atoms with Gasteiger partial charge in [0, 0.05) is 36.4 Å². The van der Waals surface area contributed by atoms with E-state index in [-0.39, 0.29) is 0 Å². The van der Waals surface area contributed by atoms with Gasteiger partial charge in [-0.3, -0.25) is 4.90 Å². The maximum absolute atomic E-state index is 6.63. The van der Waals surface area contributed by atoms with Gasteiger partial charge < -0.3 is 4.74 Å². The zero-order valence-corrected chi connectivity index (χ0v) is 35.3. The average molecular weight is 768 g/mol. The number of ether oxygens (including phenoxy) is 1. The molecule has 17 aliphatic rings. The van der Waals surface area contributed by atoms with Gasteiger partial charge in [-0.2, -0.15) is 0 Å². The molecule has 2 aromatic carbocycles. The van der Waals surface area contributed by atoms with Crippen molar-refractivity contribution in [1.82, 2.24) is 4.90 Å². The van der Waals surface area contributed by atoms with Gasteiger partial charge in [0.05, 0.1) is 6.73 Å². The Balaban J connectivity index is 0.00000146. The molecule has 19 rings (SSSR count). The molecule has 14 fully saturated rings. The van der Waals surface area contributed by atoms with Crippen molar-refractivity contribution in [3.63, 3.8) is 0 Å². The predicted octanol–water partition coefficient (Wildman–Crippen LogP) is 11.2. The lowest BCUT2D eigenvalue weighted by Gasteiger charge is -2.62. The number of hydrogen-bond donors (Lipinski definition) is 0. The van der Waals surface area contributed by atoms with E-state index in [1.54, 1.807) is 49.5 Å². The zero-order chi connectivity index (χ0) is 37.1. The van der Waals surface area contributed by atoms with Crippen molar-refractivity contribution >= 4 is 10.8 Å². The number of nitrogens with zero attached hydrogens (tertiary/aromatic N) is 1. The molecule has 28 unspecified atom stereocenters. The Morgan fingerprint density at radius 2 is 1.24 bits per heavy atom. The summed E-state index contributed by atoms with van der Waals surface area (Å²) in [6.07, 6.45) is 12.9. The lowest BCUT2D eigenvalue weighted by molar-refractivity contribution is -0.149. The number of likely N-dealkylation sites (tertiary alicyclic amines) is 1. The van der Waals surface area contributed by atoms with Gasteiger partial charge in [-0.05, 0) is 217 Å². The number of fused-ring (bicyclic) bond motifs is 2. The van der Waals surface area contributed by atoms with Crippen LogP contribution in [0.15, 0.2) is 64.8 Å². The predicted molar refractivity (Wildman–Crippen MR) is 225 cm³/mol. The number of rotatable bonds is 4. The first-order chi connectivity index (χ1) is 28.7. The summed E-state index contributed by atoms with van der Waals surface area (Å²) in [5.41, 5.74) is 10.7. The summed E-state index contributed by atoms with van der Waals surface area (Å²) in [4.78, 5) is 3.01. The topological polar surface area (TPSA) is 12.5 Å². The van der Waals surface area contributed by atoms with Crippen LogP contribution in [0.5, 0.6) is 0 Å². The molecule has 2 heteroatoms. The molecule has 0 radical (unpaired) electrons. The summed E-state index contributed by atoms with van der Waals surface area (Å²) in [5, 5.41) is 3.02. The minimum absolute atomic E-state index is 0.378.